The van der Waals surface area contributed by atoms with Crippen molar-refractivity contribution in [2.24, 2.45) is 0 Å². The number of carbonyl (C=O) groups is 2. The Hall–Kier alpha value is -1.92. The molecule has 2 heterocycles. The number of carbonyl (C=O) groups excluding carboxylic acids is 2. The van der Waals surface area contributed by atoms with Crippen LogP contribution in [0.5, 0.6) is 0 Å². The number of hydrogen-bond acceptors (Lipinski definition) is 4. The quantitative estimate of drug-likeness (QED) is 0.868. The zero-order chi connectivity index (χ0) is 16.2. The van der Waals surface area contributed by atoms with Gasteiger partial charge in [0.25, 0.3) is 11.8 Å². The summed E-state index contributed by atoms with van der Waals surface area (Å²) >= 11 is 0. The van der Waals surface area contributed by atoms with E-state index in [-0.39, 0.29) is 17.9 Å². The Morgan fingerprint density at radius 2 is 2.35 bits per heavy atom. The molecule has 3 rings (SSSR count). The lowest BCUT2D eigenvalue weighted by Gasteiger charge is -2.24. The fourth-order valence-corrected chi connectivity index (χ4v) is 2.88. The summed E-state index contributed by atoms with van der Waals surface area (Å²) in [6.45, 7) is 3.40. The third-order valence-electron chi connectivity index (χ3n) is 4.25. The maximum absolute atomic E-state index is 12.3. The average Bonchev–Trinajstić information content (AvgIpc) is 2.96. The molecule has 0 bridgehead atoms. The molecule has 2 N–H and O–H groups in total. The van der Waals surface area contributed by atoms with Crippen LogP contribution in [-0.4, -0.2) is 37.2 Å². The minimum Gasteiger partial charge on any atom is -0.376 e. The monoisotopic (exact) mass is 318 g/mol. The number of ether oxygens (including phenoxy) is 2. The highest BCUT2D eigenvalue weighted by Crippen LogP contribution is 2.24. The van der Waals surface area contributed by atoms with Crippen LogP contribution in [-0.2, 0) is 20.8 Å². The summed E-state index contributed by atoms with van der Waals surface area (Å²) in [6, 6.07) is 5.44. The molecule has 0 radical (unpaired) electrons. The molecule has 0 spiro atoms. The Labute approximate surface area is 135 Å². The maximum Gasteiger partial charge on any atom is 0.254 e. The van der Waals surface area contributed by atoms with Gasteiger partial charge in [0.1, 0.15) is 6.10 Å². The van der Waals surface area contributed by atoms with E-state index in [9.17, 15) is 9.59 Å². The van der Waals surface area contributed by atoms with Gasteiger partial charge in [0.2, 0.25) is 0 Å². The number of anilines is 1. The fraction of sp³-hybridized carbons (Fsp3) is 0.529. The molecule has 1 saturated heterocycles. The maximum atomic E-state index is 12.3. The van der Waals surface area contributed by atoms with E-state index in [0.29, 0.717) is 24.4 Å². The number of nitrogens with one attached hydrogen (secondary N) is 2. The highest BCUT2D eigenvalue weighted by Gasteiger charge is 2.25. The molecule has 2 atom stereocenters. The molecular weight excluding hydrogens is 296 g/mol. The summed E-state index contributed by atoms with van der Waals surface area (Å²) < 4.78 is 11.2. The van der Waals surface area contributed by atoms with E-state index in [1.807, 2.05) is 12.1 Å². The van der Waals surface area contributed by atoms with Crippen molar-refractivity contribution < 1.29 is 19.1 Å². The summed E-state index contributed by atoms with van der Waals surface area (Å²) in [5, 5.41) is 5.55. The molecule has 2 aliphatic rings. The normalized spacial score (nSPS) is 21.4. The van der Waals surface area contributed by atoms with Gasteiger partial charge in [-0.05, 0) is 37.8 Å². The van der Waals surface area contributed by atoms with Gasteiger partial charge in [0.15, 0.2) is 0 Å². The second-order valence-electron chi connectivity index (χ2n) is 5.98. The summed E-state index contributed by atoms with van der Waals surface area (Å²) in [4.78, 5) is 24.1. The van der Waals surface area contributed by atoms with Crippen LogP contribution in [0.3, 0.4) is 0 Å². The molecule has 2 amide bonds. The van der Waals surface area contributed by atoms with E-state index in [1.165, 1.54) is 0 Å². The van der Waals surface area contributed by atoms with Crippen molar-refractivity contribution in [1.82, 2.24) is 5.32 Å². The first kappa shape index (κ1) is 16.0. The molecule has 124 valence electrons. The third kappa shape index (κ3) is 3.71. The van der Waals surface area contributed by atoms with Crippen molar-refractivity contribution in [2.75, 3.05) is 18.5 Å². The Morgan fingerprint density at radius 3 is 3.13 bits per heavy atom. The van der Waals surface area contributed by atoms with Crippen LogP contribution in [0, 0.1) is 0 Å². The molecule has 23 heavy (non-hydrogen) atoms. The van der Waals surface area contributed by atoms with E-state index in [1.54, 1.807) is 13.0 Å². The smallest absolute Gasteiger partial charge is 0.254 e. The molecule has 2 aliphatic heterocycles. The molecule has 2 unspecified atom stereocenters. The third-order valence-corrected chi connectivity index (χ3v) is 4.25. The highest BCUT2D eigenvalue weighted by molar-refractivity contribution is 6.07. The van der Waals surface area contributed by atoms with Crippen molar-refractivity contribution >= 4 is 17.5 Å². The molecule has 0 saturated carbocycles. The zero-order valence-corrected chi connectivity index (χ0v) is 13.3. The molecule has 1 aromatic rings. The van der Waals surface area contributed by atoms with E-state index in [2.05, 4.69) is 10.6 Å². The zero-order valence-electron chi connectivity index (χ0n) is 13.3. The number of rotatable bonds is 5. The van der Waals surface area contributed by atoms with Crippen molar-refractivity contribution in [3.63, 3.8) is 0 Å². The van der Waals surface area contributed by atoms with Crippen LogP contribution in [0.1, 0.15) is 42.1 Å². The molecule has 1 fully saturated rings. The molecule has 0 aromatic heterocycles. The van der Waals surface area contributed by atoms with E-state index in [4.69, 9.17) is 9.47 Å². The van der Waals surface area contributed by atoms with Crippen LogP contribution in [0.15, 0.2) is 18.2 Å². The van der Waals surface area contributed by atoms with E-state index < -0.39 is 6.10 Å². The summed E-state index contributed by atoms with van der Waals surface area (Å²) in [7, 11) is 0. The van der Waals surface area contributed by atoms with Gasteiger partial charge in [-0.1, -0.05) is 12.1 Å². The molecule has 6 heteroatoms. The van der Waals surface area contributed by atoms with Crippen molar-refractivity contribution in [3.8, 4) is 0 Å². The van der Waals surface area contributed by atoms with Gasteiger partial charge >= 0.3 is 0 Å². The lowest BCUT2D eigenvalue weighted by molar-refractivity contribution is -0.130. The largest absolute Gasteiger partial charge is 0.376 e. The Balaban J connectivity index is 1.56. The standard InChI is InChI=1S/C17H22N2O4/c1-11(23-10-13-6-2-3-8-22-13)16(20)19-14-7-4-5-12-9-18-17(21)15(12)14/h4-5,7,11,13H,2-3,6,8-10H2,1H3,(H,18,21)(H,19,20). The number of fused-ring (bicyclic) bond motifs is 1. The highest BCUT2D eigenvalue weighted by atomic mass is 16.5. The van der Waals surface area contributed by atoms with Gasteiger partial charge < -0.3 is 20.1 Å². The lowest BCUT2D eigenvalue weighted by Crippen LogP contribution is -2.33. The van der Waals surface area contributed by atoms with Gasteiger partial charge in [-0.3, -0.25) is 9.59 Å². The van der Waals surface area contributed by atoms with Gasteiger partial charge in [0, 0.05) is 13.2 Å². The molecular formula is C17H22N2O4. The SMILES string of the molecule is CC(OCC1CCCCO1)C(=O)Nc1cccc2c1C(=O)NC2. The van der Waals surface area contributed by atoms with Crippen molar-refractivity contribution in [1.29, 1.82) is 0 Å². The lowest BCUT2D eigenvalue weighted by atomic mass is 10.1. The minimum absolute atomic E-state index is 0.0748. The number of benzene rings is 1. The fourth-order valence-electron chi connectivity index (χ4n) is 2.88. The Morgan fingerprint density at radius 1 is 1.48 bits per heavy atom. The van der Waals surface area contributed by atoms with Gasteiger partial charge in [-0.15, -0.1) is 0 Å². The summed E-state index contributed by atoms with van der Waals surface area (Å²) in [6.07, 6.45) is 2.68. The Kier molecular flexibility index (Phi) is 4.93. The van der Waals surface area contributed by atoms with E-state index >= 15 is 0 Å². The van der Waals surface area contributed by atoms with Crippen molar-refractivity contribution in [2.45, 2.75) is 44.9 Å². The van der Waals surface area contributed by atoms with Gasteiger partial charge in [0.05, 0.1) is 24.0 Å². The second-order valence-corrected chi connectivity index (χ2v) is 5.98. The van der Waals surface area contributed by atoms with Crippen molar-refractivity contribution in [3.05, 3.63) is 29.3 Å². The molecule has 0 aliphatic carbocycles. The minimum atomic E-state index is -0.596. The van der Waals surface area contributed by atoms with Crippen LogP contribution in [0.25, 0.3) is 0 Å². The molecule has 6 nitrogen and oxygen atoms in total. The second kappa shape index (κ2) is 7.10. The topological polar surface area (TPSA) is 76.7 Å². The summed E-state index contributed by atoms with van der Waals surface area (Å²) in [5.74, 6) is -0.408. The van der Waals surface area contributed by atoms with Crippen LogP contribution in [0.4, 0.5) is 5.69 Å². The van der Waals surface area contributed by atoms with Crippen LogP contribution >= 0.6 is 0 Å². The van der Waals surface area contributed by atoms with E-state index in [0.717, 1.165) is 31.4 Å². The van der Waals surface area contributed by atoms with Gasteiger partial charge in [-0.2, -0.15) is 0 Å². The predicted molar refractivity (Wildman–Crippen MR) is 85.2 cm³/mol. The first-order valence-corrected chi connectivity index (χ1v) is 8.09. The van der Waals surface area contributed by atoms with Crippen LogP contribution < -0.4 is 10.6 Å². The first-order chi connectivity index (χ1) is 11.1. The first-order valence-electron chi connectivity index (χ1n) is 8.09. The number of hydrogen-bond donors (Lipinski definition) is 2. The Bertz CT molecular complexity index is 596. The number of amides is 2. The van der Waals surface area contributed by atoms with Crippen LogP contribution in [0.2, 0.25) is 0 Å². The predicted octanol–water partition coefficient (Wildman–Crippen LogP) is 1.84. The molecule has 1 aromatic carbocycles. The van der Waals surface area contributed by atoms with Gasteiger partial charge in [-0.25, -0.2) is 0 Å². The average molecular weight is 318 g/mol. The summed E-state index contributed by atoms with van der Waals surface area (Å²) in [5.41, 5.74) is 1.98.